The highest BCUT2D eigenvalue weighted by Crippen LogP contribution is 2.19. The van der Waals surface area contributed by atoms with E-state index in [0.29, 0.717) is 25.5 Å². The third kappa shape index (κ3) is 3.72. The highest BCUT2D eigenvalue weighted by Gasteiger charge is 2.40. The highest BCUT2D eigenvalue weighted by atomic mass is 16.5. The number of ether oxygens (including phenoxy) is 2. The zero-order valence-corrected chi connectivity index (χ0v) is 12.6. The first-order valence-electron chi connectivity index (χ1n) is 6.83. The molecular weight excluding hydrogens is 270 g/mol. The van der Waals surface area contributed by atoms with Crippen LogP contribution in [0.25, 0.3) is 0 Å². The molecule has 0 bridgehead atoms. The zero-order chi connectivity index (χ0) is 15.3. The van der Waals surface area contributed by atoms with Gasteiger partial charge in [0.1, 0.15) is 11.3 Å². The van der Waals surface area contributed by atoms with Gasteiger partial charge in [0.15, 0.2) is 5.96 Å². The molecule has 1 aromatic carbocycles. The van der Waals surface area contributed by atoms with E-state index in [4.69, 9.17) is 9.47 Å². The molecule has 0 aromatic heterocycles. The molecule has 0 radical (unpaired) electrons. The second-order valence-electron chi connectivity index (χ2n) is 5.16. The van der Waals surface area contributed by atoms with E-state index >= 15 is 0 Å². The number of aliphatic imine (C=N–C) groups is 1. The number of benzene rings is 1. The first-order valence-corrected chi connectivity index (χ1v) is 6.83. The summed E-state index contributed by atoms with van der Waals surface area (Å²) in [5.74, 6) is 1.23. The molecule has 1 aliphatic heterocycles. The van der Waals surface area contributed by atoms with E-state index in [1.54, 1.807) is 14.2 Å². The van der Waals surface area contributed by atoms with Gasteiger partial charge in [-0.1, -0.05) is 12.1 Å². The van der Waals surface area contributed by atoms with Crippen LogP contribution in [0.3, 0.4) is 0 Å². The van der Waals surface area contributed by atoms with Crippen LogP contribution in [0.2, 0.25) is 0 Å². The van der Waals surface area contributed by atoms with Gasteiger partial charge in [-0.25, -0.2) is 0 Å². The summed E-state index contributed by atoms with van der Waals surface area (Å²) >= 11 is 0. The van der Waals surface area contributed by atoms with Gasteiger partial charge in [0.05, 0.1) is 20.3 Å². The molecule has 2 rings (SSSR count). The molecule has 1 saturated heterocycles. The second kappa shape index (κ2) is 6.58. The summed E-state index contributed by atoms with van der Waals surface area (Å²) in [7, 11) is 3.25. The van der Waals surface area contributed by atoms with Gasteiger partial charge in [0, 0.05) is 13.5 Å². The molecule has 0 saturated carbocycles. The molecule has 114 valence electrons. The van der Waals surface area contributed by atoms with Gasteiger partial charge in [0.2, 0.25) is 0 Å². The van der Waals surface area contributed by atoms with Crippen molar-refractivity contribution in [1.82, 2.24) is 10.6 Å². The number of carbonyl (C=O) groups excluding carboxylic acids is 1. The Morgan fingerprint density at radius 1 is 1.24 bits per heavy atom. The van der Waals surface area contributed by atoms with Crippen LogP contribution in [-0.4, -0.2) is 44.8 Å². The average molecular weight is 291 g/mol. The lowest BCUT2D eigenvalue weighted by molar-refractivity contribution is -0.123. The summed E-state index contributed by atoms with van der Waals surface area (Å²) in [5, 5.41) is 5.92. The first kappa shape index (κ1) is 15.3. The number of amides is 1. The van der Waals surface area contributed by atoms with Crippen LogP contribution in [-0.2, 0) is 16.0 Å². The van der Waals surface area contributed by atoms with Crippen LogP contribution < -0.4 is 15.4 Å². The minimum absolute atomic E-state index is 0.0746. The van der Waals surface area contributed by atoms with Crippen molar-refractivity contribution in [3.05, 3.63) is 29.8 Å². The number of hydrogen-bond acceptors (Lipinski definition) is 4. The maximum atomic E-state index is 12.2. The van der Waals surface area contributed by atoms with Crippen LogP contribution in [0.5, 0.6) is 5.75 Å². The van der Waals surface area contributed by atoms with Crippen molar-refractivity contribution in [2.75, 3.05) is 27.4 Å². The van der Waals surface area contributed by atoms with E-state index in [2.05, 4.69) is 15.6 Å². The Balaban J connectivity index is 2.03. The van der Waals surface area contributed by atoms with Crippen molar-refractivity contribution >= 4 is 11.9 Å². The Bertz CT molecular complexity index is 527. The number of hydrogen-bond donors (Lipinski definition) is 2. The van der Waals surface area contributed by atoms with Gasteiger partial charge in [-0.15, -0.1) is 0 Å². The third-order valence-electron chi connectivity index (χ3n) is 3.41. The van der Waals surface area contributed by atoms with Crippen molar-refractivity contribution in [2.24, 2.45) is 4.99 Å². The smallest absolute Gasteiger partial charge is 0.252 e. The van der Waals surface area contributed by atoms with Crippen LogP contribution >= 0.6 is 0 Å². The lowest BCUT2D eigenvalue weighted by Gasteiger charge is -2.21. The first-order chi connectivity index (χ1) is 10.1. The molecule has 6 nitrogen and oxygen atoms in total. The summed E-state index contributed by atoms with van der Waals surface area (Å²) in [5.41, 5.74) is 0.361. The number of methoxy groups -OCH3 is 2. The molecule has 6 heteroatoms. The molecule has 0 aliphatic carbocycles. The predicted octanol–water partition coefficient (Wildman–Crippen LogP) is 0.718. The van der Waals surface area contributed by atoms with Gasteiger partial charge >= 0.3 is 0 Å². The van der Waals surface area contributed by atoms with Gasteiger partial charge in [-0.05, 0) is 24.6 Å². The van der Waals surface area contributed by atoms with Gasteiger partial charge in [0.25, 0.3) is 5.91 Å². The lowest BCUT2D eigenvalue weighted by Crippen LogP contribution is -2.45. The normalized spacial score (nSPS) is 23.0. The summed E-state index contributed by atoms with van der Waals surface area (Å²) in [6, 6.07) is 7.69. The largest absolute Gasteiger partial charge is 0.497 e. The fourth-order valence-electron chi connectivity index (χ4n) is 2.20. The van der Waals surface area contributed by atoms with Crippen molar-refractivity contribution in [3.8, 4) is 5.75 Å². The number of carbonyl (C=O) groups is 1. The van der Waals surface area contributed by atoms with Gasteiger partial charge in [-0.2, -0.15) is 0 Å². The topological polar surface area (TPSA) is 72.0 Å². The van der Waals surface area contributed by atoms with Crippen molar-refractivity contribution in [3.63, 3.8) is 0 Å². The molecule has 2 N–H and O–H groups in total. The van der Waals surface area contributed by atoms with E-state index in [1.165, 1.54) is 0 Å². The number of rotatable bonds is 6. The molecule has 1 heterocycles. The SMILES string of the molecule is COCCN=C1NC(=O)C(C)(Cc2ccc(OC)cc2)N1. The van der Waals surface area contributed by atoms with E-state index in [0.717, 1.165) is 11.3 Å². The minimum Gasteiger partial charge on any atom is -0.497 e. The van der Waals surface area contributed by atoms with Crippen LogP contribution in [0.4, 0.5) is 0 Å². The van der Waals surface area contributed by atoms with Gasteiger partial charge in [-0.3, -0.25) is 15.1 Å². The van der Waals surface area contributed by atoms with Gasteiger partial charge < -0.3 is 14.8 Å². The maximum Gasteiger partial charge on any atom is 0.252 e. The van der Waals surface area contributed by atoms with Crippen LogP contribution in [0.1, 0.15) is 12.5 Å². The molecule has 1 atom stereocenters. The van der Waals surface area contributed by atoms with Crippen LogP contribution in [0.15, 0.2) is 29.3 Å². The number of nitrogens with one attached hydrogen (secondary N) is 2. The van der Waals surface area contributed by atoms with E-state index in [1.807, 2.05) is 31.2 Å². The van der Waals surface area contributed by atoms with Crippen molar-refractivity contribution in [2.45, 2.75) is 18.9 Å². The number of guanidine groups is 1. The Hall–Kier alpha value is -2.08. The van der Waals surface area contributed by atoms with E-state index in [-0.39, 0.29) is 5.91 Å². The van der Waals surface area contributed by atoms with Crippen molar-refractivity contribution < 1.29 is 14.3 Å². The Labute approximate surface area is 124 Å². The average Bonchev–Trinajstić information content (AvgIpc) is 2.75. The fraction of sp³-hybridized carbons (Fsp3) is 0.467. The predicted molar refractivity (Wildman–Crippen MR) is 80.6 cm³/mol. The molecule has 0 spiro atoms. The molecule has 1 amide bonds. The maximum absolute atomic E-state index is 12.2. The fourth-order valence-corrected chi connectivity index (χ4v) is 2.20. The Morgan fingerprint density at radius 2 is 1.95 bits per heavy atom. The lowest BCUT2D eigenvalue weighted by atomic mass is 9.93. The monoisotopic (exact) mass is 291 g/mol. The molecule has 1 unspecified atom stereocenters. The quantitative estimate of drug-likeness (QED) is 0.758. The summed E-state index contributed by atoms with van der Waals surface area (Å²) < 4.78 is 10.1. The van der Waals surface area contributed by atoms with Crippen molar-refractivity contribution in [1.29, 1.82) is 0 Å². The standard InChI is InChI=1S/C15H21N3O3/c1-15(10-11-4-6-12(21-3)7-5-11)13(19)17-14(18-15)16-8-9-20-2/h4-7H,8-10H2,1-3H3,(H2,16,17,18,19). The summed E-state index contributed by atoms with van der Waals surface area (Å²) in [6.45, 7) is 2.90. The Kier molecular flexibility index (Phi) is 4.80. The van der Waals surface area contributed by atoms with E-state index < -0.39 is 5.54 Å². The minimum atomic E-state index is -0.694. The second-order valence-corrected chi connectivity index (χ2v) is 5.16. The Morgan fingerprint density at radius 3 is 2.57 bits per heavy atom. The molecule has 1 aromatic rings. The van der Waals surface area contributed by atoms with Crippen LogP contribution in [0, 0.1) is 0 Å². The molecular formula is C15H21N3O3. The third-order valence-corrected chi connectivity index (χ3v) is 3.41. The summed E-state index contributed by atoms with van der Waals surface area (Å²) in [4.78, 5) is 16.4. The zero-order valence-electron chi connectivity index (χ0n) is 12.6. The molecule has 21 heavy (non-hydrogen) atoms. The summed E-state index contributed by atoms with van der Waals surface area (Å²) in [6.07, 6.45) is 0.576. The highest BCUT2D eigenvalue weighted by molar-refractivity contribution is 6.08. The van der Waals surface area contributed by atoms with E-state index in [9.17, 15) is 4.79 Å². The number of nitrogens with zero attached hydrogens (tertiary/aromatic N) is 1. The molecule has 1 aliphatic rings. The molecule has 1 fully saturated rings.